The minimum Gasteiger partial charge on any atom is -0.291 e. The lowest BCUT2D eigenvalue weighted by Crippen LogP contribution is -2.60. The highest BCUT2D eigenvalue weighted by Gasteiger charge is 2.42. The molecule has 1 atom stereocenters. The van der Waals surface area contributed by atoms with Gasteiger partial charge in [-0.2, -0.15) is 0 Å². The third kappa shape index (κ3) is 2.73. The van der Waals surface area contributed by atoms with Gasteiger partial charge in [-0.05, 0) is 18.6 Å². The molecule has 1 aromatic carbocycles. The minimum atomic E-state index is -0.296. The topological polar surface area (TPSA) is 69.9 Å². The summed E-state index contributed by atoms with van der Waals surface area (Å²) in [5.74, 6) is 0.823. The minimum absolute atomic E-state index is 0.0581. The fourth-order valence-electron chi connectivity index (χ4n) is 3.05. The Kier molecular flexibility index (Phi) is 4.71. The predicted molar refractivity (Wildman–Crippen MR) is 94.0 cm³/mol. The first-order valence-electron chi connectivity index (χ1n) is 8.16. The molecule has 0 radical (unpaired) electrons. The second-order valence-corrected chi connectivity index (χ2v) is 6.78. The van der Waals surface area contributed by atoms with Crippen LogP contribution in [0.25, 0.3) is 11.3 Å². The molecule has 0 unspecified atom stereocenters. The third-order valence-electron chi connectivity index (χ3n) is 4.01. The fourth-order valence-corrected chi connectivity index (χ4v) is 3.76. The van der Waals surface area contributed by atoms with Crippen molar-refractivity contribution in [1.82, 2.24) is 10.1 Å². The zero-order chi connectivity index (χ0) is 17.3. The van der Waals surface area contributed by atoms with Gasteiger partial charge >= 0.3 is 11.3 Å². The maximum atomic E-state index is 12.7. The SMILES string of the molecule is CCCSc1n[n+]2c(c(=O)[nH]1)-c1ccccc1N(C(C)=O)[C@@H]2CC. The molecule has 2 aromatic rings. The van der Waals surface area contributed by atoms with Crippen LogP contribution in [0.4, 0.5) is 5.69 Å². The number of aromatic nitrogens is 3. The molecule has 126 valence electrons. The Labute approximate surface area is 144 Å². The average Bonchev–Trinajstić information content (AvgIpc) is 2.57. The van der Waals surface area contributed by atoms with Crippen molar-refractivity contribution < 1.29 is 9.48 Å². The molecular formula is C17H21N4O2S+. The smallest absolute Gasteiger partial charge is 0.291 e. The van der Waals surface area contributed by atoms with E-state index in [9.17, 15) is 9.59 Å². The highest BCUT2D eigenvalue weighted by atomic mass is 32.2. The Hall–Kier alpha value is -2.15. The molecule has 3 rings (SSSR count). The average molecular weight is 345 g/mol. The van der Waals surface area contributed by atoms with Gasteiger partial charge in [0.1, 0.15) is 0 Å². The molecule has 1 N–H and O–H groups in total. The fraction of sp³-hybridized carbons (Fsp3) is 0.412. The molecule has 1 aliphatic rings. The van der Waals surface area contributed by atoms with E-state index in [4.69, 9.17) is 0 Å². The van der Waals surface area contributed by atoms with Gasteiger partial charge in [0.25, 0.3) is 6.17 Å². The molecule has 1 aromatic heterocycles. The highest BCUT2D eigenvalue weighted by molar-refractivity contribution is 7.99. The lowest BCUT2D eigenvalue weighted by molar-refractivity contribution is -0.771. The van der Waals surface area contributed by atoms with Crippen molar-refractivity contribution in [2.75, 3.05) is 10.7 Å². The zero-order valence-corrected chi connectivity index (χ0v) is 14.9. The van der Waals surface area contributed by atoms with Gasteiger partial charge in [-0.15, -0.1) is 0 Å². The summed E-state index contributed by atoms with van der Waals surface area (Å²) in [6, 6.07) is 7.48. The number of hydrogen-bond donors (Lipinski definition) is 1. The van der Waals surface area contributed by atoms with Gasteiger partial charge in [-0.3, -0.25) is 19.5 Å². The normalized spacial score (nSPS) is 15.8. The summed E-state index contributed by atoms with van der Waals surface area (Å²) < 4.78 is 1.71. The molecule has 6 nitrogen and oxygen atoms in total. The molecule has 24 heavy (non-hydrogen) atoms. The molecular weight excluding hydrogens is 324 g/mol. The van der Waals surface area contributed by atoms with Crippen molar-refractivity contribution >= 4 is 23.4 Å². The summed E-state index contributed by atoms with van der Waals surface area (Å²) in [5.41, 5.74) is 1.84. The molecule has 2 heterocycles. The molecule has 1 aliphatic heterocycles. The molecule has 0 fully saturated rings. The number of carbonyl (C=O) groups is 1. The second-order valence-electron chi connectivity index (χ2n) is 5.70. The summed E-state index contributed by atoms with van der Waals surface area (Å²) in [6.07, 6.45) is 1.37. The standard InChI is InChI=1S/C17H20N4O2S/c1-4-10-24-17-18-16(23)15-12-8-6-7-9-13(12)20(11(3)22)14(5-2)21(15)19-17/h6-9,14H,4-5,10H2,1-3H3/p+1/t14-/m0/s1. The van der Waals surface area contributed by atoms with E-state index < -0.39 is 0 Å². The van der Waals surface area contributed by atoms with Crippen LogP contribution in [-0.4, -0.2) is 21.7 Å². The molecule has 1 amide bonds. The molecule has 7 heteroatoms. The number of amides is 1. The van der Waals surface area contributed by atoms with Gasteiger partial charge < -0.3 is 0 Å². The monoisotopic (exact) mass is 345 g/mol. The number of aromatic amines is 1. The Morgan fingerprint density at radius 1 is 1.38 bits per heavy atom. The van der Waals surface area contributed by atoms with Gasteiger partial charge in [-0.1, -0.05) is 42.4 Å². The van der Waals surface area contributed by atoms with Crippen molar-refractivity contribution in [2.24, 2.45) is 0 Å². The Balaban J connectivity index is 2.25. The van der Waals surface area contributed by atoms with E-state index >= 15 is 0 Å². The van der Waals surface area contributed by atoms with E-state index in [1.807, 2.05) is 31.2 Å². The van der Waals surface area contributed by atoms with E-state index in [1.165, 1.54) is 11.8 Å². The van der Waals surface area contributed by atoms with E-state index in [2.05, 4.69) is 17.0 Å². The summed E-state index contributed by atoms with van der Waals surface area (Å²) in [7, 11) is 0. The maximum absolute atomic E-state index is 12.7. The number of fused-ring (bicyclic) bond motifs is 3. The van der Waals surface area contributed by atoms with Crippen LogP contribution in [0.5, 0.6) is 0 Å². The number of carbonyl (C=O) groups excluding carboxylic acids is 1. The molecule has 0 bridgehead atoms. The van der Waals surface area contributed by atoms with Gasteiger partial charge in [0.2, 0.25) is 11.1 Å². The number of nitrogens with one attached hydrogen (secondary N) is 1. The lowest BCUT2D eigenvalue weighted by atomic mass is 10.0. The van der Waals surface area contributed by atoms with Crippen molar-refractivity contribution in [3.05, 3.63) is 34.6 Å². The van der Waals surface area contributed by atoms with E-state index in [-0.39, 0.29) is 17.6 Å². The summed E-state index contributed by atoms with van der Waals surface area (Å²) in [6.45, 7) is 5.62. The number of nitrogens with zero attached hydrogens (tertiary/aromatic N) is 3. The maximum Gasteiger partial charge on any atom is 0.325 e. The van der Waals surface area contributed by atoms with Crippen molar-refractivity contribution in [3.63, 3.8) is 0 Å². The zero-order valence-electron chi connectivity index (χ0n) is 14.1. The van der Waals surface area contributed by atoms with Crippen LogP contribution in [-0.2, 0) is 4.79 Å². The number of para-hydroxylation sites is 1. The first kappa shape index (κ1) is 16.7. The first-order valence-corrected chi connectivity index (χ1v) is 9.15. The first-order chi connectivity index (χ1) is 11.6. The largest absolute Gasteiger partial charge is 0.325 e. The van der Waals surface area contributed by atoms with Crippen LogP contribution in [0, 0.1) is 0 Å². The Bertz CT molecular complexity index is 834. The van der Waals surface area contributed by atoms with Gasteiger partial charge in [0.05, 0.1) is 11.3 Å². The van der Waals surface area contributed by atoms with E-state index in [0.29, 0.717) is 17.3 Å². The Morgan fingerprint density at radius 2 is 2.12 bits per heavy atom. The van der Waals surface area contributed by atoms with Crippen molar-refractivity contribution in [3.8, 4) is 11.3 Å². The third-order valence-corrected chi connectivity index (χ3v) is 5.08. The number of anilines is 1. The molecule has 0 saturated heterocycles. The van der Waals surface area contributed by atoms with Crippen molar-refractivity contribution in [2.45, 2.75) is 44.9 Å². The number of rotatable bonds is 4. The van der Waals surface area contributed by atoms with Crippen LogP contribution in [0.2, 0.25) is 0 Å². The van der Waals surface area contributed by atoms with Crippen molar-refractivity contribution in [1.29, 1.82) is 0 Å². The number of hydrogen-bond acceptors (Lipinski definition) is 4. The predicted octanol–water partition coefficient (Wildman–Crippen LogP) is 2.50. The van der Waals surface area contributed by atoms with Gasteiger partial charge in [-0.25, -0.2) is 0 Å². The molecule has 0 spiro atoms. The van der Waals surface area contributed by atoms with Crippen LogP contribution in [0.15, 0.2) is 34.2 Å². The van der Waals surface area contributed by atoms with E-state index in [1.54, 1.807) is 16.5 Å². The highest BCUT2D eigenvalue weighted by Crippen LogP contribution is 2.35. The van der Waals surface area contributed by atoms with Crippen LogP contribution >= 0.6 is 11.8 Å². The summed E-state index contributed by atoms with van der Waals surface area (Å²) in [4.78, 5) is 29.6. The van der Waals surface area contributed by atoms with Crippen LogP contribution in [0.3, 0.4) is 0 Å². The lowest BCUT2D eigenvalue weighted by Gasteiger charge is -2.30. The van der Waals surface area contributed by atoms with Crippen LogP contribution in [0.1, 0.15) is 39.8 Å². The number of benzene rings is 1. The van der Waals surface area contributed by atoms with Gasteiger partial charge in [0.15, 0.2) is 0 Å². The summed E-state index contributed by atoms with van der Waals surface area (Å²) in [5, 5.41) is 5.22. The molecule has 0 aliphatic carbocycles. The number of H-pyrrole nitrogens is 1. The second kappa shape index (κ2) is 6.76. The molecule has 0 saturated carbocycles. The summed E-state index contributed by atoms with van der Waals surface area (Å²) >= 11 is 1.52. The van der Waals surface area contributed by atoms with E-state index in [0.717, 1.165) is 23.4 Å². The quantitative estimate of drug-likeness (QED) is 0.683. The Morgan fingerprint density at radius 3 is 2.79 bits per heavy atom. The van der Waals surface area contributed by atoms with Gasteiger partial charge in [0, 0.05) is 24.2 Å². The van der Waals surface area contributed by atoms with Crippen LogP contribution < -0.4 is 15.1 Å². The number of thioether (sulfide) groups is 1.